The zero-order valence-corrected chi connectivity index (χ0v) is 9.26. The first-order valence-corrected chi connectivity index (χ1v) is 6.60. The Morgan fingerprint density at radius 2 is 2.29 bits per heavy atom. The largest absolute Gasteiger partial charge is 0.495 e. The number of rotatable bonds is 3. The van der Waals surface area contributed by atoms with Gasteiger partial charge < -0.3 is 9.84 Å². The molecule has 1 saturated heterocycles. The minimum atomic E-state index is -0.342. The first-order valence-electron chi connectivity index (χ1n) is 5.45. The Balaban J connectivity index is 1.77. The van der Waals surface area contributed by atoms with E-state index in [1.165, 1.54) is 24.3 Å². The van der Waals surface area contributed by atoms with Crippen LogP contribution in [0.15, 0.2) is 11.8 Å². The molecule has 0 aliphatic carbocycles. The van der Waals surface area contributed by atoms with Gasteiger partial charge in [0.25, 0.3) is 0 Å². The van der Waals surface area contributed by atoms with Crippen molar-refractivity contribution in [2.75, 3.05) is 18.1 Å². The number of hydrogen-bond donors (Lipinski definition) is 1. The Morgan fingerprint density at radius 1 is 1.50 bits per heavy atom. The molecule has 0 aromatic heterocycles. The highest BCUT2D eigenvalue weighted by Crippen LogP contribution is 2.28. The van der Waals surface area contributed by atoms with Crippen LogP contribution in [0.3, 0.4) is 0 Å². The fourth-order valence-corrected chi connectivity index (χ4v) is 3.29. The maximum absolute atomic E-state index is 9.90. The van der Waals surface area contributed by atoms with Crippen LogP contribution in [0.2, 0.25) is 0 Å². The van der Waals surface area contributed by atoms with Crippen molar-refractivity contribution >= 4 is 11.8 Å². The van der Waals surface area contributed by atoms with Gasteiger partial charge in [0.2, 0.25) is 0 Å². The molecule has 3 heteroatoms. The zero-order chi connectivity index (χ0) is 9.80. The van der Waals surface area contributed by atoms with Crippen LogP contribution in [0.4, 0.5) is 0 Å². The van der Waals surface area contributed by atoms with E-state index in [-0.39, 0.29) is 6.10 Å². The predicted octanol–water partition coefficient (Wildman–Crippen LogP) is 2.18. The Morgan fingerprint density at radius 3 is 2.93 bits per heavy atom. The summed E-state index contributed by atoms with van der Waals surface area (Å²) in [6, 6.07) is 0. The van der Waals surface area contributed by atoms with Gasteiger partial charge in [0.05, 0.1) is 6.61 Å². The summed E-state index contributed by atoms with van der Waals surface area (Å²) in [5, 5.41) is 9.90. The molecule has 0 spiro atoms. The van der Waals surface area contributed by atoms with Crippen molar-refractivity contribution in [3.8, 4) is 0 Å². The Bertz CT molecular complexity index is 209. The van der Waals surface area contributed by atoms with Gasteiger partial charge in [-0.2, -0.15) is 11.8 Å². The first-order chi connectivity index (χ1) is 6.86. The second-order valence-electron chi connectivity index (χ2n) is 4.05. The second-order valence-corrected chi connectivity index (χ2v) is 5.28. The number of hydrogen-bond acceptors (Lipinski definition) is 3. The summed E-state index contributed by atoms with van der Waals surface area (Å²) in [6.07, 6.45) is 6.07. The average Bonchev–Trinajstić information content (AvgIpc) is 2.72. The lowest BCUT2D eigenvalue weighted by Crippen LogP contribution is -2.19. The highest BCUT2D eigenvalue weighted by atomic mass is 32.2. The van der Waals surface area contributed by atoms with Gasteiger partial charge in [0.15, 0.2) is 0 Å². The van der Waals surface area contributed by atoms with E-state index in [9.17, 15) is 5.11 Å². The third-order valence-corrected chi connectivity index (χ3v) is 4.01. The van der Waals surface area contributed by atoms with Crippen LogP contribution in [0.25, 0.3) is 0 Å². The standard InChI is InChI=1S/C11H18O2S/c12-10(11-2-1-5-13-11)8-9-3-6-14-7-4-9/h2,9-10,12H,1,3-8H2. The lowest BCUT2D eigenvalue weighted by Gasteiger charge is -2.23. The molecule has 1 atom stereocenters. The second kappa shape index (κ2) is 5.08. The molecule has 0 radical (unpaired) electrons. The topological polar surface area (TPSA) is 29.5 Å². The number of aliphatic hydroxyl groups excluding tert-OH is 1. The van der Waals surface area contributed by atoms with Gasteiger partial charge in [-0.05, 0) is 42.8 Å². The highest BCUT2D eigenvalue weighted by Gasteiger charge is 2.22. The SMILES string of the molecule is OC(CC1CCSCC1)C1=CCCO1. The van der Waals surface area contributed by atoms with Crippen molar-refractivity contribution in [1.82, 2.24) is 0 Å². The molecule has 1 fully saturated rings. The fraction of sp³-hybridized carbons (Fsp3) is 0.818. The van der Waals surface area contributed by atoms with E-state index in [1.807, 2.05) is 17.8 Å². The van der Waals surface area contributed by atoms with Crippen LogP contribution in [-0.2, 0) is 4.74 Å². The summed E-state index contributed by atoms with van der Waals surface area (Å²) >= 11 is 2.03. The lowest BCUT2D eigenvalue weighted by molar-refractivity contribution is 0.0972. The molecule has 2 heterocycles. The molecule has 2 aliphatic rings. The average molecular weight is 214 g/mol. The Kier molecular flexibility index (Phi) is 3.76. The molecule has 2 nitrogen and oxygen atoms in total. The van der Waals surface area contributed by atoms with Gasteiger partial charge in [-0.15, -0.1) is 0 Å². The van der Waals surface area contributed by atoms with E-state index >= 15 is 0 Å². The lowest BCUT2D eigenvalue weighted by atomic mass is 9.95. The summed E-state index contributed by atoms with van der Waals surface area (Å²) in [5.74, 6) is 4.05. The minimum Gasteiger partial charge on any atom is -0.495 e. The molecule has 2 rings (SSSR count). The number of thioether (sulfide) groups is 1. The molecular formula is C11H18O2S. The van der Waals surface area contributed by atoms with E-state index in [0.29, 0.717) is 5.92 Å². The molecule has 0 amide bonds. The summed E-state index contributed by atoms with van der Waals surface area (Å²) < 4.78 is 5.36. The molecule has 0 bridgehead atoms. The van der Waals surface area contributed by atoms with Crippen LogP contribution in [0, 0.1) is 5.92 Å². The summed E-state index contributed by atoms with van der Waals surface area (Å²) in [5.41, 5.74) is 0. The number of aliphatic hydroxyl groups is 1. The summed E-state index contributed by atoms with van der Waals surface area (Å²) in [4.78, 5) is 0. The molecule has 1 N–H and O–H groups in total. The zero-order valence-electron chi connectivity index (χ0n) is 8.45. The first kappa shape index (κ1) is 10.4. The molecule has 0 saturated carbocycles. The van der Waals surface area contributed by atoms with Gasteiger partial charge in [-0.1, -0.05) is 0 Å². The van der Waals surface area contributed by atoms with E-state index in [1.54, 1.807) is 0 Å². The highest BCUT2D eigenvalue weighted by molar-refractivity contribution is 7.99. The van der Waals surface area contributed by atoms with Crippen molar-refractivity contribution in [3.05, 3.63) is 11.8 Å². The smallest absolute Gasteiger partial charge is 0.121 e. The van der Waals surface area contributed by atoms with Crippen LogP contribution >= 0.6 is 11.8 Å². The van der Waals surface area contributed by atoms with Crippen molar-refractivity contribution < 1.29 is 9.84 Å². The molecular weight excluding hydrogens is 196 g/mol. The van der Waals surface area contributed by atoms with Crippen molar-refractivity contribution in [1.29, 1.82) is 0 Å². The Hall–Kier alpha value is -0.150. The van der Waals surface area contributed by atoms with Crippen LogP contribution in [-0.4, -0.2) is 29.3 Å². The summed E-state index contributed by atoms with van der Waals surface area (Å²) in [6.45, 7) is 0.757. The summed E-state index contributed by atoms with van der Waals surface area (Å²) in [7, 11) is 0. The molecule has 1 unspecified atom stereocenters. The normalized spacial score (nSPS) is 25.6. The predicted molar refractivity (Wildman–Crippen MR) is 59.3 cm³/mol. The molecule has 2 aliphatic heterocycles. The maximum atomic E-state index is 9.90. The molecule has 14 heavy (non-hydrogen) atoms. The van der Waals surface area contributed by atoms with E-state index in [2.05, 4.69) is 0 Å². The van der Waals surface area contributed by atoms with Gasteiger partial charge in [0.1, 0.15) is 11.9 Å². The molecule has 0 aromatic carbocycles. The van der Waals surface area contributed by atoms with Gasteiger partial charge in [0, 0.05) is 6.42 Å². The van der Waals surface area contributed by atoms with E-state index in [4.69, 9.17) is 4.74 Å². The van der Waals surface area contributed by atoms with Crippen LogP contribution < -0.4 is 0 Å². The minimum absolute atomic E-state index is 0.342. The van der Waals surface area contributed by atoms with Gasteiger partial charge in [-0.25, -0.2) is 0 Å². The van der Waals surface area contributed by atoms with Crippen molar-refractivity contribution in [3.63, 3.8) is 0 Å². The monoisotopic (exact) mass is 214 g/mol. The van der Waals surface area contributed by atoms with Gasteiger partial charge >= 0.3 is 0 Å². The van der Waals surface area contributed by atoms with Crippen LogP contribution in [0.5, 0.6) is 0 Å². The van der Waals surface area contributed by atoms with Gasteiger partial charge in [-0.3, -0.25) is 0 Å². The van der Waals surface area contributed by atoms with E-state index in [0.717, 1.165) is 25.2 Å². The maximum Gasteiger partial charge on any atom is 0.121 e. The third kappa shape index (κ3) is 2.67. The quantitative estimate of drug-likeness (QED) is 0.781. The Labute approximate surface area is 89.7 Å². The van der Waals surface area contributed by atoms with Crippen molar-refractivity contribution in [2.24, 2.45) is 5.92 Å². The van der Waals surface area contributed by atoms with Crippen LogP contribution in [0.1, 0.15) is 25.7 Å². The molecule has 80 valence electrons. The van der Waals surface area contributed by atoms with E-state index < -0.39 is 0 Å². The molecule has 0 aromatic rings. The fourth-order valence-electron chi connectivity index (χ4n) is 2.08. The third-order valence-electron chi connectivity index (χ3n) is 2.96. The van der Waals surface area contributed by atoms with Crippen molar-refractivity contribution in [2.45, 2.75) is 31.8 Å². The number of ether oxygens (including phenoxy) is 1.